The van der Waals surface area contributed by atoms with Crippen LogP contribution >= 0.6 is 0 Å². The van der Waals surface area contributed by atoms with Gasteiger partial charge in [0.2, 0.25) is 5.82 Å². The van der Waals surface area contributed by atoms with Gasteiger partial charge in [0, 0.05) is 19.7 Å². The number of nitrogens with zero attached hydrogens (tertiary/aromatic N) is 2. The van der Waals surface area contributed by atoms with Gasteiger partial charge in [-0.25, -0.2) is 0 Å². The molecule has 1 aliphatic rings. The van der Waals surface area contributed by atoms with Crippen LogP contribution in [-0.2, 0) is 0 Å². The van der Waals surface area contributed by atoms with Crippen LogP contribution in [0.4, 0.5) is 10.1 Å². The van der Waals surface area contributed by atoms with Crippen molar-refractivity contribution in [1.29, 1.82) is 0 Å². The zero-order chi connectivity index (χ0) is 16.4. The number of rotatable bonds is 3. The molecule has 0 bridgehead atoms. The minimum atomic E-state index is -0.849. The third-order valence-corrected chi connectivity index (χ3v) is 4.30. The first-order chi connectivity index (χ1) is 10.3. The second-order valence-corrected chi connectivity index (χ2v) is 6.10. The van der Waals surface area contributed by atoms with Crippen LogP contribution in [-0.4, -0.2) is 29.8 Å². The number of aryl methyl sites for hydroxylation is 1. The summed E-state index contributed by atoms with van der Waals surface area (Å²) in [6.07, 6.45) is 4.50. The number of hydrogen-bond donors (Lipinski definition) is 0. The normalized spacial score (nSPS) is 15.6. The monoisotopic (exact) mass is 308 g/mol. The van der Waals surface area contributed by atoms with Gasteiger partial charge >= 0.3 is 5.69 Å². The van der Waals surface area contributed by atoms with Gasteiger partial charge in [-0.1, -0.05) is 19.3 Å². The molecular formula is C16H21FN2O3. The van der Waals surface area contributed by atoms with Gasteiger partial charge in [0.25, 0.3) is 5.91 Å². The molecule has 1 fully saturated rings. The molecule has 1 aromatic rings. The lowest BCUT2D eigenvalue weighted by molar-refractivity contribution is -0.388. The second kappa shape index (κ2) is 6.42. The Hall–Kier alpha value is -1.98. The lowest BCUT2D eigenvalue weighted by Crippen LogP contribution is -2.26. The van der Waals surface area contributed by atoms with Crippen molar-refractivity contribution >= 4 is 11.6 Å². The highest BCUT2D eigenvalue weighted by atomic mass is 19.1. The van der Waals surface area contributed by atoms with Crippen molar-refractivity contribution in [3.8, 4) is 0 Å². The van der Waals surface area contributed by atoms with E-state index < -0.39 is 16.4 Å². The number of amides is 1. The maximum atomic E-state index is 14.2. The maximum Gasteiger partial charge on any atom is 0.309 e. The Morgan fingerprint density at radius 1 is 1.32 bits per heavy atom. The zero-order valence-corrected chi connectivity index (χ0v) is 13.2. The molecule has 0 heterocycles. The van der Waals surface area contributed by atoms with E-state index in [4.69, 9.17) is 0 Å². The summed E-state index contributed by atoms with van der Waals surface area (Å²) in [7, 11) is 3.20. The minimum absolute atomic E-state index is 0.123. The predicted octanol–water partition coefficient (Wildman–Crippen LogP) is 3.79. The summed E-state index contributed by atoms with van der Waals surface area (Å²) in [5.41, 5.74) is 0.524. The van der Waals surface area contributed by atoms with E-state index in [-0.39, 0.29) is 11.8 Å². The molecule has 2 rings (SSSR count). The second-order valence-electron chi connectivity index (χ2n) is 6.10. The molecule has 5 nitrogen and oxygen atoms in total. The molecule has 1 saturated carbocycles. The Balaban J connectivity index is 2.72. The maximum absolute atomic E-state index is 14.2. The van der Waals surface area contributed by atoms with Crippen molar-refractivity contribution in [3.63, 3.8) is 0 Å². The molecule has 0 aromatic heterocycles. The number of nitro benzene ring substituents is 1. The quantitative estimate of drug-likeness (QED) is 0.630. The Labute approximate surface area is 129 Å². The van der Waals surface area contributed by atoms with Gasteiger partial charge in [0.1, 0.15) is 0 Å². The van der Waals surface area contributed by atoms with Crippen molar-refractivity contribution in [3.05, 3.63) is 38.7 Å². The third kappa shape index (κ3) is 2.96. The van der Waals surface area contributed by atoms with Crippen LogP contribution in [0.15, 0.2) is 6.07 Å². The van der Waals surface area contributed by atoms with Crippen LogP contribution in [0.25, 0.3) is 0 Å². The highest BCUT2D eigenvalue weighted by molar-refractivity contribution is 5.98. The molecule has 0 N–H and O–H groups in total. The molecule has 1 amide bonds. The highest BCUT2D eigenvalue weighted by Crippen LogP contribution is 2.42. The van der Waals surface area contributed by atoms with Crippen LogP contribution in [0.3, 0.4) is 0 Å². The average molecular weight is 308 g/mol. The lowest BCUT2D eigenvalue weighted by Gasteiger charge is -2.26. The summed E-state index contributed by atoms with van der Waals surface area (Å²) in [4.78, 5) is 24.6. The smallest absolute Gasteiger partial charge is 0.309 e. The van der Waals surface area contributed by atoms with E-state index in [2.05, 4.69) is 0 Å². The SMILES string of the molecule is Cc1cc(F)c([N+](=O)[O-])c(C2CCCCC2)c1C(=O)N(C)C. The van der Waals surface area contributed by atoms with Crippen molar-refractivity contribution in [2.24, 2.45) is 0 Å². The number of carbonyl (C=O) groups excluding carboxylic acids is 1. The van der Waals surface area contributed by atoms with Gasteiger partial charge in [-0.15, -0.1) is 0 Å². The van der Waals surface area contributed by atoms with Crippen LogP contribution < -0.4 is 0 Å². The fourth-order valence-electron chi connectivity index (χ4n) is 3.27. The Morgan fingerprint density at radius 3 is 2.41 bits per heavy atom. The number of benzene rings is 1. The molecule has 1 aliphatic carbocycles. The Kier molecular flexibility index (Phi) is 4.78. The van der Waals surface area contributed by atoms with Gasteiger partial charge in [-0.2, -0.15) is 4.39 Å². The zero-order valence-electron chi connectivity index (χ0n) is 13.2. The topological polar surface area (TPSA) is 63.5 Å². The first kappa shape index (κ1) is 16.4. The van der Waals surface area contributed by atoms with Gasteiger partial charge in [0.15, 0.2) is 0 Å². The van der Waals surface area contributed by atoms with E-state index in [9.17, 15) is 19.3 Å². The van der Waals surface area contributed by atoms with Gasteiger partial charge < -0.3 is 4.90 Å². The van der Waals surface area contributed by atoms with Crippen LogP contribution in [0.2, 0.25) is 0 Å². The molecule has 0 saturated heterocycles. The highest BCUT2D eigenvalue weighted by Gasteiger charge is 2.34. The summed E-state index contributed by atoms with van der Waals surface area (Å²) in [6, 6.07) is 1.10. The summed E-state index contributed by atoms with van der Waals surface area (Å²) in [6.45, 7) is 1.63. The molecule has 0 unspecified atom stereocenters. The number of carbonyl (C=O) groups is 1. The predicted molar refractivity (Wildman–Crippen MR) is 81.6 cm³/mol. The van der Waals surface area contributed by atoms with E-state index in [0.29, 0.717) is 16.7 Å². The van der Waals surface area contributed by atoms with E-state index in [1.54, 1.807) is 21.0 Å². The standard InChI is InChI=1S/C16H21FN2O3/c1-10-9-12(17)15(19(21)22)14(11-7-5-4-6-8-11)13(10)16(20)18(2)3/h9,11H,4-8H2,1-3H3. The van der Waals surface area contributed by atoms with Gasteiger partial charge in [-0.05, 0) is 37.3 Å². The van der Waals surface area contributed by atoms with Crippen LogP contribution in [0.5, 0.6) is 0 Å². The van der Waals surface area contributed by atoms with Crippen molar-refractivity contribution in [1.82, 2.24) is 4.90 Å². The van der Waals surface area contributed by atoms with E-state index in [1.807, 2.05) is 0 Å². The van der Waals surface area contributed by atoms with Gasteiger partial charge in [0.05, 0.1) is 10.5 Å². The van der Waals surface area contributed by atoms with E-state index >= 15 is 0 Å². The average Bonchev–Trinajstić information content (AvgIpc) is 2.46. The molecule has 22 heavy (non-hydrogen) atoms. The molecule has 120 valence electrons. The van der Waals surface area contributed by atoms with Crippen molar-refractivity contribution in [2.45, 2.75) is 44.9 Å². The Morgan fingerprint density at radius 2 is 1.91 bits per heavy atom. The largest absolute Gasteiger partial charge is 0.345 e. The van der Waals surface area contributed by atoms with Crippen molar-refractivity contribution in [2.75, 3.05) is 14.1 Å². The summed E-state index contributed by atoms with van der Waals surface area (Å²) in [5, 5.41) is 11.4. The fraction of sp³-hybridized carbons (Fsp3) is 0.562. The molecule has 0 aliphatic heterocycles. The van der Waals surface area contributed by atoms with E-state index in [0.717, 1.165) is 38.2 Å². The van der Waals surface area contributed by atoms with Crippen LogP contribution in [0, 0.1) is 22.9 Å². The van der Waals surface area contributed by atoms with Crippen LogP contribution in [0.1, 0.15) is 59.5 Å². The first-order valence-electron chi connectivity index (χ1n) is 7.53. The van der Waals surface area contributed by atoms with Crippen molar-refractivity contribution < 1.29 is 14.1 Å². The molecule has 0 radical (unpaired) electrons. The molecule has 0 spiro atoms. The molecule has 6 heteroatoms. The number of nitro groups is 1. The molecular weight excluding hydrogens is 287 g/mol. The van der Waals surface area contributed by atoms with E-state index in [1.165, 1.54) is 4.90 Å². The van der Waals surface area contributed by atoms with Gasteiger partial charge in [-0.3, -0.25) is 14.9 Å². The lowest BCUT2D eigenvalue weighted by atomic mass is 9.79. The Bertz CT molecular complexity index is 608. The fourth-order valence-corrected chi connectivity index (χ4v) is 3.27. The molecule has 1 aromatic carbocycles. The first-order valence-corrected chi connectivity index (χ1v) is 7.53. The minimum Gasteiger partial charge on any atom is -0.345 e. The number of hydrogen-bond acceptors (Lipinski definition) is 3. The summed E-state index contributed by atoms with van der Waals surface area (Å²) < 4.78 is 14.2. The molecule has 0 atom stereocenters. The number of halogens is 1. The summed E-state index contributed by atoms with van der Waals surface area (Å²) >= 11 is 0. The summed E-state index contributed by atoms with van der Waals surface area (Å²) in [5.74, 6) is -1.28. The third-order valence-electron chi connectivity index (χ3n) is 4.30.